The highest BCUT2D eigenvalue weighted by Gasteiger charge is 2.35. The lowest BCUT2D eigenvalue weighted by atomic mass is 10.3. The molecule has 0 bridgehead atoms. The van der Waals surface area contributed by atoms with Crippen molar-refractivity contribution in [2.24, 2.45) is 0 Å². The molecule has 2 aromatic rings. The van der Waals surface area contributed by atoms with E-state index in [0.29, 0.717) is 37.4 Å². The molecule has 0 saturated carbocycles. The Hall–Kier alpha value is -2.43. The van der Waals surface area contributed by atoms with Gasteiger partial charge in [0.2, 0.25) is 11.8 Å². The normalized spacial score (nSPS) is 15.5. The Bertz CT molecular complexity index is 963. The number of methoxy groups -OCH3 is 1. The van der Waals surface area contributed by atoms with Crippen molar-refractivity contribution >= 4 is 30.0 Å². The number of nitrogens with zero attached hydrogens (tertiary/aromatic N) is 4. The summed E-state index contributed by atoms with van der Waals surface area (Å²) < 4.78 is 63.0. The zero-order valence-corrected chi connectivity index (χ0v) is 18.3. The van der Waals surface area contributed by atoms with Crippen molar-refractivity contribution in [3.63, 3.8) is 0 Å². The highest BCUT2D eigenvalue weighted by molar-refractivity contribution is 7.69. The lowest BCUT2D eigenvalue weighted by Crippen LogP contribution is -2.39. The fourth-order valence-corrected chi connectivity index (χ4v) is 3.60. The zero-order valence-electron chi connectivity index (χ0n) is 17.4. The Morgan fingerprint density at radius 1 is 1.23 bits per heavy atom. The van der Waals surface area contributed by atoms with Gasteiger partial charge in [0.15, 0.2) is 0 Å². The molecule has 0 atom stereocenters. The predicted molar refractivity (Wildman–Crippen MR) is 111 cm³/mol. The fraction of sp³-hybridized carbons (Fsp3) is 0.500. The molecule has 1 saturated heterocycles. The molecule has 31 heavy (non-hydrogen) atoms. The first-order valence-corrected chi connectivity index (χ1v) is 12.0. The summed E-state index contributed by atoms with van der Waals surface area (Å²) in [6, 6.07) is 3.13. The number of morpholine rings is 1. The number of aromatic nitrogens is 3. The molecule has 1 aliphatic heterocycles. The number of ether oxygens (including phenoxy) is 2. The van der Waals surface area contributed by atoms with Crippen molar-refractivity contribution in [1.29, 1.82) is 0 Å². The van der Waals surface area contributed by atoms with E-state index >= 15 is 0 Å². The molecule has 2 N–H and O–H groups in total. The molecule has 1 fully saturated rings. The standard InChI is InChI=1S/C18H24F3N6O3P/c1-29-16-13(4-5-14(25-16)31(2,3)28)24-17-22-10-12(18(19,20)21)15(26-17)23-11-27-6-8-30-9-7-27/h4-5,10H,6-9,11H2,1-3H3,(H2,22,23,24,26). The molecular weight excluding hydrogens is 436 g/mol. The maximum Gasteiger partial charge on any atom is 0.421 e. The molecule has 0 unspecified atom stereocenters. The topological polar surface area (TPSA) is 102 Å². The highest BCUT2D eigenvalue weighted by atomic mass is 31.2. The fourth-order valence-electron chi connectivity index (χ4n) is 2.83. The highest BCUT2D eigenvalue weighted by Crippen LogP contribution is 2.37. The maximum absolute atomic E-state index is 13.4. The Labute approximate surface area is 177 Å². The van der Waals surface area contributed by atoms with Crippen molar-refractivity contribution in [1.82, 2.24) is 19.9 Å². The van der Waals surface area contributed by atoms with Crippen LogP contribution in [0.25, 0.3) is 0 Å². The summed E-state index contributed by atoms with van der Waals surface area (Å²) in [5, 5.41) is 5.57. The van der Waals surface area contributed by atoms with Gasteiger partial charge in [0.1, 0.15) is 29.6 Å². The Morgan fingerprint density at radius 2 is 1.94 bits per heavy atom. The SMILES string of the molecule is COc1nc(P(C)(C)=O)ccc1Nc1ncc(C(F)(F)F)c(NCN2CCOCC2)n1. The summed E-state index contributed by atoms with van der Waals surface area (Å²) in [6.07, 6.45) is -3.90. The molecule has 3 heterocycles. The molecule has 9 nitrogen and oxygen atoms in total. The van der Waals surface area contributed by atoms with E-state index in [2.05, 4.69) is 25.6 Å². The first-order valence-electron chi connectivity index (χ1n) is 9.44. The quantitative estimate of drug-likeness (QED) is 0.604. The van der Waals surface area contributed by atoms with E-state index in [9.17, 15) is 17.7 Å². The van der Waals surface area contributed by atoms with Gasteiger partial charge >= 0.3 is 6.18 Å². The predicted octanol–water partition coefficient (Wildman–Crippen LogP) is 2.59. The average molecular weight is 460 g/mol. The van der Waals surface area contributed by atoms with Crippen LogP contribution in [0.2, 0.25) is 0 Å². The minimum atomic E-state index is -4.61. The zero-order chi connectivity index (χ0) is 22.6. The number of pyridine rings is 1. The van der Waals surface area contributed by atoms with E-state index < -0.39 is 18.9 Å². The molecule has 13 heteroatoms. The van der Waals surface area contributed by atoms with Crippen molar-refractivity contribution in [3.8, 4) is 5.88 Å². The van der Waals surface area contributed by atoms with E-state index in [1.807, 2.05) is 4.90 Å². The first kappa shape index (κ1) is 23.2. The number of rotatable bonds is 7. The molecule has 0 aromatic carbocycles. The van der Waals surface area contributed by atoms with Crippen molar-refractivity contribution in [3.05, 3.63) is 23.9 Å². The van der Waals surface area contributed by atoms with Gasteiger partial charge in [-0.25, -0.2) is 9.97 Å². The molecule has 2 aromatic heterocycles. The van der Waals surface area contributed by atoms with Gasteiger partial charge in [-0.15, -0.1) is 0 Å². The molecule has 1 aliphatic rings. The number of hydrogen-bond donors (Lipinski definition) is 2. The second-order valence-electron chi connectivity index (χ2n) is 7.22. The van der Waals surface area contributed by atoms with Crippen LogP contribution in [0.4, 0.5) is 30.6 Å². The third-order valence-electron chi connectivity index (χ3n) is 4.51. The summed E-state index contributed by atoms with van der Waals surface area (Å²) in [4.78, 5) is 14.0. The minimum Gasteiger partial charge on any atom is -0.479 e. The summed E-state index contributed by atoms with van der Waals surface area (Å²) in [5.41, 5.74) is -0.264. The van der Waals surface area contributed by atoms with Crippen LogP contribution < -0.4 is 20.8 Å². The number of anilines is 3. The number of hydrogen-bond acceptors (Lipinski definition) is 9. The van der Waals surface area contributed by atoms with Gasteiger partial charge in [-0.1, -0.05) is 0 Å². The largest absolute Gasteiger partial charge is 0.479 e. The molecule has 0 aliphatic carbocycles. The number of alkyl halides is 3. The van der Waals surface area contributed by atoms with Crippen LogP contribution >= 0.6 is 7.14 Å². The van der Waals surface area contributed by atoms with Crippen LogP contribution in [0.15, 0.2) is 18.3 Å². The third kappa shape index (κ3) is 6.05. The van der Waals surface area contributed by atoms with Gasteiger partial charge in [-0.3, -0.25) is 4.90 Å². The maximum atomic E-state index is 13.4. The minimum absolute atomic E-state index is 0.0680. The molecule has 0 spiro atoms. The molecule has 0 radical (unpaired) electrons. The van der Waals surface area contributed by atoms with E-state index in [-0.39, 0.29) is 24.3 Å². The van der Waals surface area contributed by atoms with Gasteiger partial charge in [0.25, 0.3) is 0 Å². The van der Waals surface area contributed by atoms with Crippen molar-refractivity contribution < 1.29 is 27.2 Å². The third-order valence-corrected chi connectivity index (χ3v) is 5.86. The summed E-state index contributed by atoms with van der Waals surface area (Å²) >= 11 is 0. The second-order valence-corrected chi connectivity index (χ2v) is 10.4. The Balaban J connectivity index is 1.85. The summed E-state index contributed by atoms with van der Waals surface area (Å²) in [5.74, 6) is -0.277. The Kier molecular flexibility index (Phi) is 7.03. The molecule has 3 rings (SSSR count). The van der Waals surface area contributed by atoms with Crippen molar-refractivity contribution in [2.45, 2.75) is 6.18 Å². The average Bonchev–Trinajstić information content (AvgIpc) is 2.72. The van der Waals surface area contributed by atoms with E-state index in [0.717, 1.165) is 6.20 Å². The van der Waals surface area contributed by atoms with Crippen LogP contribution in [-0.2, 0) is 15.5 Å². The lowest BCUT2D eigenvalue weighted by Gasteiger charge is -2.27. The van der Waals surface area contributed by atoms with Crippen LogP contribution in [0.3, 0.4) is 0 Å². The van der Waals surface area contributed by atoms with Gasteiger partial charge in [-0.2, -0.15) is 18.2 Å². The van der Waals surface area contributed by atoms with Gasteiger partial charge < -0.3 is 24.7 Å². The van der Waals surface area contributed by atoms with E-state index in [1.165, 1.54) is 7.11 Å². The molecular formula is C18H24F3N6O3P. The monoisotopic (exact) mass is 460 g/mol. The van der Waals surface area contributed by atoms with Crippen LogP contribution in [0.5, 0.6) is 5.88 Å². The van der Waals surface area contributed by atoms with E-state index in [4.69, 9.17) is 9.47 Å². The summed E-state index contributed by atoms with van der Waals surface area (Å²) in [7, 11) is -1.23. The van der Waals surface area contributed by atoms with Crippen LogP contribution in [0.1, 0.15) is 5.56 Å². The van der Waals surface area contributed by atoms with E-state index in [1.54, 1.807) is 25.5 Å². The van der Waals surface area contributed by atoms with Gasteiger partial charge in [0.05, 0.1) is 27.0 Å². The van der Waals surface area contributed by atoms with Gasteiger partial charge in [0, 0.05) is 19.3 Å². The summed E-state index contributed by atoms with van der Waals surface area (Å²) in [6.45, 7) is 5.60. The molecule has 170 valence electrons. The Morgan fingerprint density at radius 3 is 2.55 bits per heavy atom. The van der Waals surface area contributed by atoms with Crippen molar-refractivity contribution in [2.75, 3.05) is 64.0 Å². The number of nitrogens with one attached hydrogen (secondary N) is 2. The first-order chi connectivity index (χ1) is 14.6. The lowest BCUT2D eigenvalue weighted by molar-refractivity contribution is -0.137. The molecule has 0 amide bonds. The second kappa shape index (κ2) is 9.37. The number of halogens is 3. The smallest absolute Gasteiger partial charge is 0.421 e. The van der Waals surface area contributed by atoms with Gasteiger partial charge in [-0.05, 0) is 25.5 Å². The van der Waals surface area contributed by atoms with Crippen LogP contribution in [0, 0.1) is 0 Å². The van der Waals surface area contributed by atoms with Crippen LogP contribution in [-0.4, -0.2) is 73.3 Å².